The average Bonchev–Trinajstić information content (AvgIpc) is 2.82. The monoisotopic (exact) mass is 459 g/mol. The Bertz CT molecular complexity index is 1030. The Morgan fingerprint density at radius 3 is 2.21 bits per heavy atom. The van der Waals surface area contributed by atoms with Gasteiger partial charge in [-0.3, -0.25) is 14.5 Å². The van der Waals surface area contributed by atoms with Crippen molar-refractivity contribution in [2.75, 3.05) is 32.7 Å². The molecule has 34 heavy (non-hydrogen) atoms. The van der Waals surface area contributed by atoms with Crippen LogP contribution in [0.25, 0.3) is 10.8 Å². The number of rotatable bonds is 6. The fourth-order valence-electron chi connectivity index (χ4n) is 8.02. The number of carbonyl (C=O) groups excluding carboxylic acids is 2. The van der Waals surface area contributed by atoms with Crippen molar-refractivity contribution in [1.29, 1.82) is 0 Å². The minimum atomic E-state index is 0.0590. The van der Waals surface area contributed by atoms with Crippen molar-refractivity contribution in [3.05, 3.63) is 48.0 Å². The molecule has 7 rings (SSSR count). The third-order valence-corrected chi connectivity index (χ3v) is 9.14. The fourth-order valence-corrected chi connectivity index (χ4v) is 8.02. The normalized spacial score (nSPS) is 30.6. The number of hydrogen-bond acceptors (Lipinski definition) is 3. The van der Waals surface area contributed by atoms with E-state index in [0.29, 0.717) is 6.42 Å². The molecule has 1 heterocycles. The first kappa shape index (κ1) is 22.1. The van der Waals surface area contributed by atoms with Crippen LogP contribution in [0.15, 0.2) is 42.5 Å². The van der Waals surface area contributed by atoms with Gasteiger partial charge in [0.25, 0.3) is 0 Å². The molecule has 5 fully saturated rings. The standard InChI is InChI=1S/C29H37N3O2/c33-27(18-29-15-21-12-22(16-29)14-23(13-21)17-29)30-19-28(34)32-10-8-31(9-11-32)20-25-6-3-5-24-4-1-2-7-26(24)25/h1-7,21-23H,8-20H2,(H,30,33). The van der Waals surface area contributed by atoms with Crippen molar-refractivity contribution < 1.29 is 9.59 Å². The van der Waals surface area contributed by atoms with Crippen LogP contribution < -0.4 is 5.32 Å². The molecule has 5 heteroatoms. The summed E-state index contributed by atoms with van der Waals surface area (Å²) in [5, 5.41) is 5.57. The first-order valence-corrected chi connectivity index (χ1v) is 13.3. The third-order valence-electron chi connectivity index (χ3n) is 9.14. The summed E-state index contributed by atoms with van der Waals surface area (Å²) < 4.78 is 0. The van der Waals surface area contributed by atoms with Crippen LogP contribution in [-0.4, -0.2) is 54.3 Å². The van der Waals surface area contributed by atoms with Gasteiger partial charge in [-0.1, -0.05) is 42.5 Å². The van der Waals surface area contributed by atoms with Gasteiger partial charge in [0.2, 0.25) is 11.8 Å². The number of amides is 2. The van der Waals surface area contributed by atoms with Gasteiger partial charge >= 0.3 is 0 Å². The fraction of sp³-hybridized carbons (Fsp3) is 0.586. The van der Waals surface area contributed by atoms with Crippen molar-refractivity contribution in [2.24, 2.45) is 23.2 Å². The van der Waals surface area contributed by atoms with Gasteiger partial charge in [0.1, 0.15) is 0 Å². The van der Waals surface area contributed by atoms with Crippen LogP contribution in [0, 0.1) is 23.2 Å². The van der Waals surface area contributed by atoms with E-state index in [2.05, 4.69) is 52.7 Å². The van der Waals surface area contributed by atoms with Crippen molar-refractivity contribution >= 4 is 22.6 Å². The summed E-state index contributed by atoms with van der Waals surface area (Å²) in [5.41, 5.74) is 1.57. The topological polar surface area (TPSA) is 52.7 Å². The summed E-state index contributed by atoms with van der Waals surface area (Å²) in [5.74, 6) is 2.70. The van der Waals surface area contributed by atoms with Crippen LogP contribution in [0.4, 0.5) is 0 Å². The van der Waals surface area contributed by atoms with E-state index in [9.17, 15) is 9.59 Å². The van der Waals surface area contributed by atoms with Crippen molar-refractivity contribution in [2.45, 2.75) is 51.5 Å². The lowest BCUT2D eigenvalue weighted by molar-refractivity contribution is -0.136. The minimum Gasteiger partial charge on any atom is -0.347 e. The van der Waals surface area contributed by atoms with Crippen LogP contribution in [-0.2, 0) is 16.1 Å². The highest BCUT2D eigenvalue weighted by Gasteiger charge is 2.51. The third kappa shape index (κ3) is 4.47. The number of hydrogen-bond donors (Lipinski definition) is 1. The molecule has 4 aliphatic carbocycles. The Morgan fingerprint density at radius 1 is 0.853 bits per heavy atom. The van der Waals surface area contributed by atoms with Crippen molar-refractivity contribution in [1.82, 2.24) is 15.1 Å². The predicted molar refractivity (Wildman–Crippen MR) is 134 cm³/mol. The Kier molecular flexibility index (Phi) is 5.84. The quantitative estimate of drug-likeness (QED) is 0.704. The van der Waals surface area contributed by atoms with E-state index in [-0.39, 0.29) is 23.8 Å². The lowest BCUT2D eigenvalue weighted by Crippen LogP contribution is -2.51. The number of nitrogens with zero attached hydrogens (tertiary/aromatic N) is 2. The molecular weight excluding hydrogens is 422 g/mol. The minimum absolute atomic E-state index is 0.0590. The molecule has 2 aromatic rings. The van der Waals surface area contributed by atoms with Gasteiger partial charge in [-0.2, -0.15) is 0 Å². The summed E-state index contributed by atoms with van der Waals surface area (Å²) in [6.07, 6.45) is 8.52. The van der Waals surface area contributed by atoms with Gasteiger partial charge in [0.05, 0.1) is 6.54 Å². The second-order valence-corrected chi connectivity index (χ2v) is 11.7. The average molecular weight is 460 g/mol. The largest absolute Gasteiger partial charge is 0.347 e. The molecule has 5 aliphatic rings. The van der Waals surface area contributed by atoms with E-state index in [1.807, 2.05) is 4.90 Å². The zero-order valence-corrected chi connectivity index (χ0v) is 20.2. The molecule has 0 atom stereocenters. The molecule has 1 aliphatic heterocycles. The van der Waals surface area contributed by atoms with Gasteiger partial charge in [0.15, 0.2) is 0 Å². The van der Waals surface area contributed by atoms with E-state index in [0.717, 1.165) is 50.5 Å². The van der Waals surface area contributed by atoms with E-state index >= 15 is 0 Å². The number of piperazine rings is 1. The SMILES string of the molecule is O=C(CC12CC3CC(CC(C3)C1)C2)NCC(=O)N1CCN(Cc2cccc3ccccc23)CC1. The highest BCUT2D eigenvalue weighted by atomic mass is 16.2. The zero-order valence-electron chi connectivity index (χ0n) is 20.2. The Hall–Kier alpha value is -2.40. The van der Waals surface area contributed by atoms with Crippen LogP contribution in [0.1, 0.15) is 50.5 Å². The molecule has 4 saturated carbocycles. The summed E-state index contributed by atoms with van der Waals surface area (Å²) in [4.78, 5) is 29.9. The predicted octanol–water partition coefficient (Wildman–Crippen LogP) is 4.21. The van der Waals surface area contributed by atoms with Crippen molar-refractivity contribution in [3.63, 3.8) is 0 Å². The van der Waals surface area contributed by atoms with Gasteiger partial charge in [0, 0.05) is 39.1 Å². The summed E-state index contributed by atoms with van der Waals surface area (Å²) >= 11 is 0. The first-order valence-electron chi connectivity index (χ1n) is 13.3. The van der Waals surface area contributed by atoms with E-state index in [4.69, 9.17) is 0 Å². The molecule has 1 saturated heterocycles. The highest BCUT2D eigenvalue weighted by molar-refractivity contribution is 5.86. The second-order valence-electron chi connectivity index (χ2n) is 11.7. The maximum absolute atomic E-state index is 12.8. The van der Waals surface area contributed by atoms with Crippen LogP contribution in [0.2, 0.25) is 0 Å². The smallest absolute Gasteiger partial charge is 0.242 e. The Labute approximate surface area is 202 Å². The zero-order chi connectivity index (χ0) is 23.1. The molecule has 2 aromatic carbocycles. The van der Waals surface area contributed by atoms with Crippen LogP contribution in [0.3, 0.4) is 0 Å². The second kappa shape index (κ2) is 8.99. The maximum Gasteiger partial charge on any atom is 0.242 e. The first-order chi connectivity index (χ1) is 16.6. The molecule has 4 bridgehead atoms. The Morgan fingerprint density at radius 2 is 1.50 bits per heavy atom. The van der Waals surface area contributed by atoms with Gasteiger partial charge in [-0.05, 0) is 78.0 Å². The van der Waals surface area contributed by atoms with Crippen molar-refractivity contribution in [3.8, 4) is 0 Å². The van der Waals surface area contributed by atoms with Gasteiger partial charge in [-0.15, -0.1) is 0 Å². The van der Waals surface area contributed by atoms with E-state index in [1.54, 1.807) is 0 Å². The molecule has 0 radical (unpaired) electrons. The van der Waals surface area contributed by atoms with Gasteiger partial charge < -0.3 is 10.2 Å². The van der Waals surface area contributed by atoms with Crippen LogP contribution in [0.5, 0.6) is 0 Å². The lowest BCUT2D eigenvalue weighted by atomic mass is 9.49. The maximum atomic E-state index is 12.8. The molecule has 0 spiro atoms. The number of carbonyl (C=O) groups is 2. The lowest BCUT2D eigenvalue weighted by Gasteiger charge is -2.56. The molecule has 2 amide bonds. The summed E-state index contributed by atoms with van der Waals surface area (Å²) in [7, 11) is 0. The number of nitrogens with one attached hydrogen (secondary N) is 1. The highest BCUT2D eigenvalue weighted by Crippen LogP contribution is 2.61. The molecule has 0 unspecified atom stereocenters. The number of benzene rings is 2. The molecule has 0 aromatic heterocycles. The molecule has 5 nitrogen and oxygen atoms in total. The van der Waals surface area contributed by atoms with Gasteiger partial charge in [-0.25, -0.2) is 0 Å². The molecular formula is C29H37N3O2. The number of fused-ring (bicyclic) bond motifs is 1. The van der Waals surface area contributed by atoms with E-state index in [1.165, 1.54) is 54.9 Å². The summed E-state index contributed by atoms with van der Waals surface area (Å²) in [6, 6.07) is 15.0. The summed E-state index contributed by atoms with van der Waals surface area (Å²) in [6.45, 7) is 4.26. The molecule has 180 valence electrons. The molecule has 1 N–H and O–H groups in total. The Balaban J connectivity index is 0.969. The van der Waals surface area contributed by atoms with E-state index < -0.39 is 0 Å². The van der Waals surface area contributed by atoms with Crippen LogP contribution >= 0.6 is 0 Å².